The van der Waals surface area contributed by atoms with Gasteiger partial charge in [-0.05, 0) is 42.3 Å². The number of nitrogens with zero attached hydrogens (tertiary/aromatic N) is 2. The first kappa shape index (κ1) is 21.1. The van der Waals surface area contributed by atoms with Gasteiger partial charge in [-0.3, -0.25) is 9.59 Å². The lowest BCUT2D eigenvalue weighted by atomic mass is 10.1. The zero-order valence-electron chi connectivity index (χ0n) is 16.6. The second kappa shape index (κ2) is 9.27. The van der Waals surface area contributed by atoms with E-state index in [2.05, 4.69) is 10.2 Å². The average molecular weight is 418 g/mol. The summed E-state index contributed by atoms with van der Waals surface area (Å²) in [5.41, 5.74) is 1.65. The number of amides is 2. The van der Waals surface area contributed by atoms with Gasteiger partial charge in [0.15, 0.2) is 0 Å². The lowest BCUT2D eigenvalue weighted by Crippen LogP contribution is -2.49. The van der Waals surface area contributed by atoms with Crippen LogP contribution in [-0.2, 0) is 4.79 Å². The molecule has 5 nitrogen and oxygen atoms in total. The molecule has 3 rings (SSSR count). The van der Waals surface area contributed by atoms with Gasteiger partial charge in [-0.1, -0.05) is 31.5 Å². The fourth-order valence-electron chi connectivity index (χ4n) is 3.35. The topological polar surface area (TPSA) is 52.7 Å². The molecule has 1 aliphatic heterocycles. The fraction of sp³-hybridized carbons (Fsp3) is 0.364. The zero-order valence-corrected chi connectivity index (χ0v) is 17.4. The first-order chi connectivity index (χ1) is 13.8. The molecule has 0 spiro atoms. The fourth-order valence-corrected chi connectivity index (χ4v) is 3.65. The van der Waals surface area contributed by atoms with E-state index in [0.717, 1.165) is 5.69 Å². The quantitative estimate of drug-likeness (QED) is 0.783. The van der Waals surface area contributed by atoms with Gasteiger partial charge in [0.2, 0.25) is 5.91 Å². The van der Waals surface area contributed by atoms with Gasteiger partial charge in [-0.25, -0.2) is 4.39 Å². The molecule has 2 amide bonds. The van der Waals surface area contributed by atoms with Gasteiger partial charge in [0, 0.05) is 43.9 Å². The number of hydrogen-bond acceptors (Lipinski definition) is 3. The van der Waals surface area contributed by atoms with Gasteiger partial charge in [0.25, 0.3) is 5.91 Å². The van der Waals surface area contributed by atoms with Gasteiger partial charge in [-0.2, -0.15) is 0 Å². The molecule has 0 aliphatic carbocycles. The first-order valence-corrected chi connectivity index (χ1v) is 10.1. The van der Waals surface area contributed by atoms with E-state index in [9.17, 15) is 14.0 Å². The van der Waals surface area contributed by atoms with E-state index in [1.165, 1.54) is 18.2 Å². The Morgan fingerprint density at radius 2 is 1.83 bits per heavy atom. The lowest BCUT2D eigenvalue weighted by Gasteiger charge is -2.36. The normalized spacial score (nSPS) is 14.2. The number of anilines is 2. The second-order valence-electron chi connectivity index (χ2n) is 7.60. The molecule has 2 aromatic carbocycles. The van der Waals surface area contributed by atoms with Crippen LogP contribution in [0.1, 0.15) is 30.6 Å². The van der Waals surface area contributed by atoms with Crippen molar-refractivity contribution in [2.75, 3.05) is 36.4 Å². The van der Waals surface area contributed by atoms with E-state index < -0.39 is 11.7 Å². The maximum Gasteiger partial charge on any atom is 0.255 e. The summed E-state index contributed by atoms with van der Waals surface area (Å²) in [6.07, 6.45) is 0.570. The molecular formula is C22H25ClFN3O2. The Kier molecular flexibility index (Phi) is 6.75. The molecule has 1 N–H and O–H groups in total. The van der Waals surface area contributed by atoms with Crippen molar-refractivity contribution in [2.24, 2.45) is 5.92 Å². The van der Waals surface area contributed by atoms with Crippen molar-refractivity contribution in [1.29, 1.82) is 0 Å². The van der Waals surface area contributed by atoms with Crippen LogP contribution in [0.3, 0.4) is 0 Å². The smallest absolute Gasteiger partial charge is 0.255 e. The van der Waals surface area contributed by atoms with E-state index >= 15 is 0 Å². The van der Waals surface area contributed by atoms with Crippen LogP contribution >= 0.6 is 11.6 Å². The Morgan fingerprint density at radius 3 is 2.45 bits per heavy atom. The highest BCUT2D eigenvalue weighted by atomic mass is 35.5. The summed E-state index contributed by atoms with van der Waals surface area (Å²) in [7, 11) is 0. The number of piperazine rings is 1. The molecule has 0 unspecified atom stereocenters. The van der Waals surface area contributed by atoms with E-state index in [-0.39, 0.29) is 11.5 Å². The van der Waals surface area contributed by atoms with E-state index in [0.29, 0.717) is 49.2 Å². The van der Waals surface area contributed by atoms with Crippen LogP contribution in [0.2, 0.25) is 5.02 Å². The lowest BCUT2D eigenvalue weighted by molar-refractivity contribution is -0.132. The highest BCUT2D eigenvalue weighted by Gasteiger charge is 2.23. The summed E-state index contributed by atoms with van der Waals surface area (Å²) in [5, 5.41) is 3.25. The van der Waals surface area contributed by atoms with Crippen LogP contribution < -0.4 is 10.2 Å². The molecule has 1 aliphatic rings. The molecule has 154 valence electrons. The predicted molar refractivity (Wildman–Crippen MR) is 114 cm³/mol. The average Bonchev–Trinajstić information content (AvgIpc) is 2.68. The molecule has 7 heteroatoms. The maximum atomic E-state index is 13.3. The maximum absolute atomic E-state index is 13.3. The molecule has 0 bridgehead atoms. The van der Waals surface area contributed by atoms with Crippen LogP contribution in [0, 0.1) is 11.7 Å². The summed E-state index contributed by atoms with van der Waals surface area (Å²) >= 11 is 6.45. The summed E-state index contributed by atoms with van der Waals surface area (Å²) in [4.78, 5) is 28.5. The van der Waals surface area contributed by atoms with Gasteiger partial charge >= 0.3 is 0 Å². The Hall–Kier alpha value is -2.60. The third kappa shape index (κ3) is 5.48. The number of hydrogen-bond donors (Lipinski definition) is 1. The van der Waals surface area contributed by atoms with Crippen molar-refractivity contribution < 1.29 is 14.0 Å². The first-order valence-electron chi connectivity index (χ1n) is 9.72. The van der Waals surface area contributed by atoms with E-state index in [1.807, 2.05) is 24.8 Å². The predicted octanol–water partition coefficient (Wildman–Crippen LogP) is 4.43. The second-order valence-corrected chi connectivity index (χ2v) is 8.00. The van der Waals surface area contributed by atoms with E-state index in [1.54, 1.807) is 18.2 Å². The molecule has 0 radical (unpaired) electrons. The number of nitrogens with one attached hydrogen (secondary N) is 1. The Bertz CT molecular complexity index is 895. The minimum Gasteiger partial charge on any atom is -0.367 e. The van der Waals surface area contributed by atoms with Crippen LogP contribution in [-0.4, -0.2) is 42.9 Å². The van der Waals surface area contributed by atoms with Crippen molar-refractivity contribution in [3.63, 3.8) is 0 Å². The van der Waals surface area contributed by atoms with Crippen LogP contribution in [0.5, 0.6) is 0 Å². The Balaban J connectivity index is 1.61. The summed E-state index contributed by atoms with van der Waals surface area (Å²) in [6, 6.07) is 10.8. The zero-order chi connectivity index (χ0) is 21.0. The highest BCUT2D eigenvalue weighted by molar-refractivity contribution is 6.33. The third-order valence-corrected chi connectivity index (χ3v) is 5.15. The Labute approximate surface area is 175 Å². The molecule has 0 atom stereocenters. The van der Waals surface area contributed by atoms with Crippen molar-refractivity contribution in [3.8, 4) is 0 Å². The van der Waals surface area contributed by atoms with Crippen LogP contribution in [0.25, 0.3) is 0 Å². The van der Waals surface area contributed by atoms with Crippen LogP contribution in [0.15, 0.2) is 42.5 Å². The van der Waals surface area contributed by atoms with Gasteiger partial charge in [0.1, 0.15) is 5.82 Å². The molecule has 0 aromatic heterocycles. The van der Waals surface area contributed by atoms with Gasteiger partial charge in [-0.15, -0.1) is 0 Å². The molecule has 1 heterocycles. The molecule has 1 fully saturated rings. The van der Waals surface area contributed by atoms with Crippen molar-refractivity contribution in [2.45, 2.75) is 20.3 Å². The number of carbonyl (C=O) groups is 2. The number of rotatable bonds is 5. The largest absolute Gasteiger partial charge is 0.367 e. The summed E-state index contributed by atoms with van der Waals surface area (Å²) in [5.74, 6) is -0.311. The molecule has 1 saturated heterocycles. The van der Waals surface area contributed by atoms with E-state index in [4.69, 9.17) is 11.6 Å². The summed E-state index contributed by atoms with van der Waals surface area (Å²) < 4.78 is 13.3. The molecule has 2 aromatic rings. The molecule has 0 saturated carbocycles. The third-order valence-electron chi connectivity index (χ3n) is 4.85. The van der Waals surface area contributed by atoms with Gasteiger partial charge in [0.05, 0.1) is 10.7 Å². The minimum atomic E-state index is -0.461. The summed E-state index contributed by atoms with van der Waals surface area (Å²) in [6.45, 7) is 6.84. The SMILES string of the molecule is CC(C)CC(=O)N1CCN(c2ccc(NC(=O)c3cccc(F)c3)cc2Cl)CC1. The van der Waals surface area contributed by atoms with Gasteiger partial charge < -0.3 is 15.1 Å². The number of halogens is 2. The number of carbonyl (C=O) groups excluding carboxylic acids is 2. The van der Waals surface area contributed by atoms with Crippen molar-refractivity contribution in [3.05, 3.63) is 58.9 Å². The standard InChI is InChI=1S/C22H25ClFN3O2/c1-15(2)12-21(28)27-10-8-26(9-11-27)20-7-6-18(14-19(20)23)25-22(29)16-4-3-5-17(24)13-16/h3-7,13-15H,8-12H2,1-2H3,(H,25,29). The monoisotopic (exact) mass is 417 g/mol. The highest BCUT2D eigenvalue weighted by Crippen LogP contribution is 2.30. The minimum absolute atomic E-state index is 0.196. The molecular weight excluding hydrogens is 393 g/mol. The van der Waals surface area contributed by atoms with Crippen LogP contribution in [0.4, 0.5) is 15.8 Å². The van der Waals surface area contributed by atoms with Crippen molar-refractivity contribution >= 4 is 34.8 Å². The molecule has 29 heavy (non-hydrogen) atoms. The Morgan fingerprint density at radius 1 is 1.10 bits per heavy atom. The van der Waals surface area contributed by atoms with Crippen molar-refractivity contribution in [1.82, 2.24) is 4.90 Å². The number of benzene rings is 2.